The number of fused-ring (bicyclic) bond motifs is 2. The van der Waals surface area contributed by atoms with Crippen LogP contribution in [0.4, 0.5) is 5.82 Å². The zero-order chi connectivity index (χ0) is 22.1. The summed E-state index contributed by atoms with van der Waals surface area (Å²) in [5, 5.41) is 14.5. The van der Waals surface area contributed by atoms with Crippen LogP contribution in [0.1, 0.15) is 43.2 Å². The van der Waals surface area contributed by atoms with Gasteiger partial charge in [0.2, 0.25) is 5.91 Å². The van der Waals surface area contributed by atoms with E-state index in [1.165, 1.54) is 22.8 Å². The van der Waals surface area contributed by atoms with Gasteiger partial charge in [0.05, 0.1) is 12.1 Å². The predicted molar refractivity (Wildman–Crippen MR) is 131 cm³/mol. The van der Waals surface area contributed by atoms with Gasteiger partial charge in [-0.25, -0.2) is 0 Å². The van der Waals surface area contributed by atoms with Crippen molar-refractivity contribution < 1.29 is 4.79 Å². The maximum absolute atomic E-state index is 13.1. The molecule has 0 spiro atoms. The topological polar surface area (TPSA) is 83.9 Å². The first kappa shape index (κ1) is 20.3. The fraction of sp³-hybridized carbons (Fsp3) is 0.259. The van der Waals surface area contributed by atoms with E-state index in [2.05, 4.69) is 46.3 Å². The fourth-order valence-electron chi connectivity index (χ4n) is 4.89. The summed E-state index contributed by atoms with van der Waals surface area (Å²) in [6.45, 7) is 0.618. The third-order valence-corrected chi connectivity index (χ3v) is 6.65. The number of rotatable bonds is 5. The van der Waals surface area contributed by atoms with Crippen LogP contribution in [0, 0.1) is 11.3 Å². The molecule has 162 valence electrons. The van der Waals surface area contributed by atoms with Crippen molar-refractivity contribution in [3.63, 3.8) is 0 Å². The minimum atomic E-state index is 0.0394. The van der Waals surface area contributed by atoms with E-state index in [1.807, 2.05) is 30.3 Å². The SMILES string of the molecule is N=C(N)c1ccc2cc(NC(=O)C3CCCCC3)n(Cc3cccc4ccccc34)c2c1. The Balaban J connectivity index is 1.59. The molecule has 4 aromatic rings. The van der Waals surface area contributed by atoms with Gasteiger partial charge in [0.25, 0.3) is 0 Å². The number of hydrogen-bond acceptors (Lipinski definition) is 2. The van der Waals surface area contributed by atoms with Gasteiger partial charge in [-0.3, -0.25) is 10.2 Å². The van der Waals surface area contributed by atoms with E-state index >= 15 is 0 Å². The third kappa shape index (κ3) is 3.86. The van der Waals surface area contributed by atoms with Crippen LogP contribution in [0.3, 0.4) is 0 Å². The Hall–Kier alpha value is -3.60. The number of anilines is 1. The van der Waals surface area contributed by atoms with Crippen LogP contribution in [-0.2, 0) is 11.3 Å². The molecule has 1 aromatic heterocycles. The second kappa shape index (κ2) is 8.50. The van der Waals surface area contributed by atoms with Crippen molar-refractivity contribution in [2.75, 3.05) is 5.32 Å². The molecule has 0 atom stereocenters. The Morgan fingerprint density at radius 2 is 1.75 bits per heavy atom. The summed E-state index contributed by atoms with van der Waals surface area (Å²) >= 11 is 0. The first-order valence-corrected chi connectivity index (χ1v) is 11.4. The van der Waals surface area contributed by atoms with Crippen molar-refractivity contribution in [3.05, 3.63) is 77.9 Å². The van der Waals surface area contributed by atoms with Gasteiger partial charge in [0.15, 0.2) is 0 Å². The molecule has 1 amide bonds. The van der Waals surface area contributed by atoms with Crippen molar-refractivity contribution in [2.24, 2.45) is 11.7 Å². The van der Waals surface area contributed by atoms with Crippen molar-refractivity contribution in [2.45, 2.75) is 38.6 Å². The Kier molecular flexibility index (Phi) is 5.39. The summed E-state index contributed by atoms with van der Waals surface area (Å²) in [5.41, 5.74) is 8.60. The molecule has 1 aliphatic rings. The lowest BCUT2D eigenvalue weighted by Gasteiger charge is -2.21. The van der Waals surface area contributed by atoms with Gasteiger partial charge < -0.3 is 15.6 Å². The Bertz CT molecular complexity index is 1310. The van der Waals surface area contributed by atoms with Crippen LogP contribution in [0.5, 0.6) is 0 Å². The lowest BCUT2D eigenvalue weighted by atomic mass is 9.89. The van der Waals surface area contributed by atoms with Gasteiger partial charge in [-0.2, -0.15) is 0 Å². The highest BCUT2D eigenvalue weighted by Gasteiger charge is 2.23. The Morgan fingerprint density at radius 1 is 0.969 bits per heavy atom. The zero-order valence-corrected chi connectivity index (χ0v) is 18.1. The minimum Gasteiger partial charge on any atom is -0.384 e. The molecule has 0 unspecified atom stereocenters. The number of hydrogen-bond donors (Lipinski definition) is 3. The highest BCUT2D eigenvalue weighted by molar-refractivity contribution is 6.01. The normalized spacial score (nSPS) is 14.6. The van der Waals surface area contributed by atoms with Crippen LogP contribution in [-0.4, -0.2) is 16.3 Å². The standard InChI is InChI=1S/C27H28N4O/c28-26(29)21-14-13-20-16-25(30-27(32)19-8-2-1-3-9-19)31(24(20)15-21)17-22-11-6-10-18-7-4-5-12-23(18)22/h4-7,10-16,19H,1-3,8-9,17H2,(H3,28,29)(H,30,32). The summed E-state index contributed by atoms with van der Waals surface area (Å²) < 4.78 is 2.14. The average Bonchev–Trinajstić information content (AvgIpc) is 3.16. The molecule has 1 aliphatic carbocycles. The van der Waals surface area contributed by atoms with Gasteiger partial charge in [0.1, 0.15) is 11.7 Å². The lowest BCUT2D eigenvalue weighted by Crippen LogP contribution is -2.26. The van der Waals surface area contributed by atoms with Gasteiger partial charge >= 0.3 is 0 Å². The van der Waals surface area contributed by atoms with Gasteiger partial charge in [-0.1, -0.05) is 73.9 Å². The summed E-state index contributed by atoms with van der Waals surface area (Å²) in [5.74, 6) is 1.03. The second-order valence-corrected chi connectivity index (χ2v) is 8.77. The first-order valence-electron chi connectivity index (χ1n) is 11.4. The molecule has 5 nitrogen and oxygen atoms in total. The molecule has 0 aliphatic heterocycles. The van der Waals surface area contributed by atoms with E-state index in [9.17, 15) is 4.79 Å². The molecule has 0 bridgehead atoms. The van der Waals surface area contributed by atoms with Crippen molar-refractivity contribution in [1.82, 2.24) is 4.57 Å². The zero-order valence-electron chi connectivity index (χ0n) is 18.1. The van der Waals surface area contributed by atoms with Crippen molar-refractivity contribution in [1.29, 1.82) is 5.41 Å². The maximum Gasteiger partial charge on any atom is 0.228 e. The highest BCUT2D eigenvalue weighted by Crippen LogP contribution is 2.30. The van der Waals surface area contributed by atoms with Gasteiger partial charge in [-0.05, 0) is 41.3 Å². The van der Waals surface area contributed by atoms with E-state index in [-0.39, 0.29) is 17.7 Å². The Labute approximate surface area is 187 Å². The summed E-state index contributed by atoms with van der Waals surface area (Å²) in [4.78, 5) is 13.1. The molecule has 1 saturated carbocycles. The van der Waals surface area contributed by atoms with Crippen molar-refractivity contribution in [3.8, 4) is 0 Å². The number of aromatic nitrogens is 1. The summed E-state index contributed by atoms with van der Waals surface area (Å²) in [7, 11) is 0. The molecule has 1 fully saturated rings. The molecule has 3 aromatic carbocycles. The number of benzene rings is 3. The molecule has 4 N–H and O–H groups in total. The predicted octanol–water partition coefficient (Wildman–Crippen LogP) is 5.65. The highest BCUT2D eigenvalue weighted by atomic mass is 16.2. The number of nitrogen functional groups attached to an aromatic ring is 1. The number of amides is 1. The van der Waals surface area contributed by atoms with Crippen LogP contribution in [0.25, 0.3) is 21.7 Å². The smallest absolute Gasteiger partial charge is 0.228 e. The van der Waals surface area contributed by atoms with Crippen LogP contribution in [0.15, 0.2) is 66.7 Å². The number of carbonyl (C=O) groups excluding carboxylic acids is 1. The van der Waals surface area contributed by atoms with Crippen molar-refractivity contribution >= 4 is 39.2 Å². The fourth-order valence-corrected chi connectivity index (χ4v) is 4.89. The van der Waals surface area contributed by atoms with Crippen LogP contribution in [0.2, 0.25) is 0 Å². The van der Waals surface area contributed by atoms with Gasteiger partial charge in [-0.15, -0.1) is 0 Å². The number of amidine groups is 1. The van der Waals surface area contributed by atoms with Gasteiger partial charge in [0, 0.05) is 16.9 Å². The van der Waals surface area contributed by atoms with Crippen LogP contribution >= 0.6 is 0 Å². The summed E-state index contributed by atoms with van der Waals surface area (Å²) in [6.07, 6.45) is 5.39. The molecule has 32 heavy (non-hydrogen) atoms. The quantitative estimate of drug-likeness (QED) is 0.286. The minimum absolute atomic E-state index is 0.0394. The van der Waals surface area contributed by atoms with E-state index in [4.69, 9.17) is 11.1 Å². The molecule has 0 saturated heterocycles. The molecular formula is C27H28N4O. The summed E-state index contributed by atoms with van der Waals surface area (Å²) in [6, 6.07) is 22.5. The maximum atomic E-state index is 13.1. The first-order chi connectivity index (χ1) is 15.6. The van der Waals surface area contributed by atoms with E-state index in [0.717, 1.165) is 42.4 Å². The molecule has 1 heterocycles. The van der Waals surface area contributed by atoms with Crippen LogP contribution < -0.4 is 11.1 Å². The molecule has 0 radical (unpaired) electrons. The van der Waals surface area contributed by atoms with E-state index in [1.54, 1.807) is 0 Å². The monoisotopic (exact) mass is 424 g/mol. The number of carbonyl (C=O) groups is 1. The largest absolute Gasteiger partial charge is 0.384 e. The lowest BCUT2D eigenvalue weighted by molar-refractivity contribution is -0.120. The van der Waals surface area contributed by atoms with E-state index < -0.39 is 0 Å². The number of nitrogens with one attached hydrogen (secondary N) is 2. The average molecular weight is 425 g/mol. The molecule has 5 heteroatoms. The van der Waals surface area contributed by atoms with E-state index in [0.29, 0.717) is 12.1 Å². The molecule has 5 rings (SSSR count). The molecular weight excluding hydrogens is 396 g/mol. The number of nitrogens with zero attached hydrogens (tertiary/aromatic N) is 1. The Morgan fingerprint density at radius 3 is 2.56 bits per heavy atom. The number of nitrogens with two attached hydrogens (primary N) is 1. The second-order valence-electron chi connectivity index (χ2n) is 8.77. The third-order valence-electron chi connectivity index (χ3n) is 6.65.